The van der Waals surface area contributed by atoms with E-state index in [1.165, 1.54) is 6.42 Å². The number of hydrogen-bond acceptors (Lipinski definition) is 4. The smallest absolute Gasteiger partial charge is 0.320 e. The van der Waals surface area contributed by atoms with Gasteiger partial charge < -0.3 is 4.74 Å². The molecule has 0 spiro atoms. The standard InChI is InChI=1S/C16H27NO3/c1-2-3-11-20-16(19)12-17-10-5-4-8-14(17)13-7-6-9-15(13)18/h13-14H,2-12H2,1H3. The Morgan fingerprint density at radius 1 is 1.30 bits per heavy atom. The summed E-state index contributed by atoms with van der Waals surface area (Å²) in [4.78, 5) is 26.1. The molecule has 4 nitrogen and oxygen atoms in total. The first-order chi connectivity index (χ1) is 9.72. The summed E-state index contributed by atoms with van der Waals surface area (Å²) in [5.41, 5.74) is 0. The van der Waals surface area contributed by atoms with Crippen molar-refractivity contribution < 1.29 is 14.3 Å². The Morgan fingerprint density at radius 3 is 2.85 bits per heavy atom. The third kappa shape index (κ3) is 4.05. The molecular weight excluding hydrogens is 254 g/mol. The molecule has 2 atom stereocenters. The molecule has 2 rings (SSSR count). The van der Waals surface area contributed by atoms with Crippen LogP contribution >= 0.6 is 0 Å². The Morgan fingerprint density at radius 2 is 2.15 bits per heavy atom. The average molecular weight is 281 g/mol. The fourth-order valence-corrected chi connectivity index (χ4v) is 3.46. The number of ketones is 1. The molecule has 2 aliphatic rings. The zero-order valence-electron chi connectivity index (χ0n) is 12.6. The van der Waals surface area contributed by atoms with Crippen molar-refractivity contribution in [1.82, 2.24) is 4.90 Å². The average Bonchev–Trinajstić information content (AvgIpc) is 2.86. The van der Waals surface area contributed by atoms with Gasteiger partial charge in [0.1, 0.15) is 5.78 Å². The lowest BCUT2D eigenvalue weighted by molar-refractivity contribution is -0.147. The molecule has 0 bridgehead atoms. The van der Waals surface area contributed by atoms with Crippen molar-refractivity contribution in [2.24, 2.45) is 5.92 Å². The molecule has 1 heterocycles. The molecule has 0 radical (unpaired) electrons. The molecule has 2 fully saturated rings. The molecule has 0 aromatic rings. The van der Waals surface area contributed by atoms with E-state index >= 15 is 0 Å². The Labute approximate surface area is 121 Å². The van der Waals surface area contributed by atoms with Gasteiger partial charge in [-0.05, 0) is 38.6 Å². The number of Topliss-reactive ketones (excluding diaryl/α,β-unsaturated/α-hetero) is 1. The molecule has 1 aliphatic carbocycles. The van der Waals surface area contributed by atoms with Gasteiger partial charge >= 0.3 is 5.97 Å². The number of carbonyl (C=O) groups is 2. The van der Waals surface area contributed by atoms with Gasteiger partial charge in [0, 0.05) is 18.4 Å². The molecule has 1 aliphatic heterocycles. The number of esters is 1. The summed E-state index contributed by atoms with van der Waals surface area (Å²) in [5, 5.41) is 0. The minimum Gasteiger partial charge on any atom is -0.465 e. The van der Waals surface area contributed by atoms with Crippen LogP contribution in [0.15, 0.2) is 0 Å². The van der Waals surface area contributed by atoms with E-state index in [2.05, 4.69) is 11.8 Å². The van der Waals surface area contributed by atoms with E-state index in [4.69, 9.17) is 4.74 Å². The molecule has 1 saturated carbocycles. The van der Waals surface area contributed by atoms with Gasteiger partial charge in [0.2, 0.25) is 0 Å². The third-order valence-electron chi connectivity index (χ3n) is 4.57. The van der Waals surface area contributed by atoms with Crippen molar-refractivity contribution >= 4 is 11.8 Å². The van der Waals surface area contributed by atoms with E-state index < -0.39 is 0 Å². The summed E-state index contributed by atoms with van der Waals surface area (Å²) in [6.07, 6.45) is 8.08. The summed E-state index contributed by atoms with van der Waals surface area (Å²) in [6.45, 7) is 3.89. The molecule has 0 aromatic carbocycles. The highest BCUT2D eigenvalue weighted by Crippen LogP contribution is 2.32. The lowest BCUT2D eigenvalue weighted by Gasteiger charge is -2.37. The van der Waals surface area contributed by atoms with Gasteiger partial charge in [-0.3, -0.25) is 14.5 Å². The second-order valence-electron chi connectivity index (χ2n) is 6.07. The molecule has 4 heteroatoms. The highest BCUT2D eigenvalue weighted by atomic mass is 16.5. The van der Waals surface area contributed by atoms with Crippen LogP contribution in [0.5, 0.6) is 0 Å². The largest absolute Gasteiger partial charge is 0.465 e. The molecular formula is C16H27NO3. The summed E-state index contributed by atoms with van der Waals surface area (Å²) >= 11 is 0. The van der Waals surface area contributed by atoms with Crippen LogP contribution in [0, 0.1) is 5.92 Å². The van der Waals surface area contributed by atoms with E-state index in [1.54, 1.807) is 0 Å². The van der Waals surface area contributed by atoms with E-state index in [-0.39, 0.29) is 17.9 Å². The monoisotopic (exact) mass is 281 g/mol. The van der Waals surface area contributed by atoms with Crippen LogP contribution in [-0.2, 0) is 14.3 Å². The maximum atomic E-state index is 12.0. The van der Waals surface area contributed by atoms with Crippen molar-refractivity contribution in [3.63, 3.8) is 0 Å². The summed E-state index contributed by atoms with van der Waals surface area (Å²) < 4.78 is 5.26. The van der Waals surface area contributed by atoms with Gasteiger partial charge in [-0.1, -0.05) is 19.8 Å². The first kappa shape index (κ1) is 15.5. The fourth-order valence-electron chi connectivity index (χ4n) is 3.46. The first-order valence-electron chi connectivity index (χ1n) is 8.14. The molecule has 114 valence electrons. The number of carbonyl (C=O) groups excluding carboxylic acids is 2. The second kappa shape index (κ2) is 7.77. The van der Waals surface area contributed by atoms with Crippen molar-refractivity contribution in [3.05, 3.63) is 0 Å². The highest BCUT2D eigenvalue weighted by Gasteiger charge is 2.37. The first-order valence-corrected chi connectivity index (χ1v) is 8.14. The number of piperidine rings is 1. The normalized spacial score (nSPS) is 27.8. The van der Waals surface area contributed by atoms with E-state index in [9.17, 15) is 9.59 Å². The van der Waals surface area contributed by atoms with Crippen molar-refractivity contribution in [3.8, 4) is 0 Å². The van der Waals surface area contributed by atoms with Crippen molar-refractivity contribution in [2.75, 3.05) is 19.7 Å². The Kier molecular flexibility index (Phi) is 6.02. The lowest BCUT2D eigenvalue weighted by Crippen LogP contribution is -2.47. The van der Waals surface area contributed by atoms with Crippen LogP contribution in [0.1, 0.15) is 58.3 Å². The van der Waals surface area contributed by atoms with Crippen LogP contribution in [0.2, 0.25) is 0 Å². The van der Waals surface area contributed by atoms with Crippen LogP contribution in [0.3, 0.4) is 0 Å². The number of rotatable bonds is 6. The second-order valence-corrected chi connectivity index (χ2v) is 6.07. The maximum Gasteiger partial charge on any atom is 0.320 e. The number of hydrogen-bond donors (Lipinski definition) is 0. The van der Waals surface area contributed by atoms with Gasteiger partial charge in [-0.15, -0.1) is 0 Å². The summed E-state index contributed by atoms with van der Waals surface area (Å²) in [7, 11) is 0. The van der Waals surface area contributed by atoms with Gasteiger partial charge in [0.15, 0.2) is 0 Å². The number of ether oxygens (including phenoxy) is 1. The predicted octanol–water partition coefficient (Wildman–Crippen LogP) is 2.55. The Bertz CT molecular complexity index is 343. The topological polar surface area (TPSA) is 46.6 Å². The molecule has 0 aromatic heterocycles. The van der Waals surface area contributed by atoms with Crippen molar-refractivity contribution in [2.45, 2.75) is 64.3 Å². The molecule has 1 saturated heterocycles. The summed E-state index contributed by atoms with van der Waals surface area (Å²) in [6, 6.07) is 0.275. The van der Waals surface area contributed by atoms with Crippen LogP contribution in [0.4, 0.5) is 0 Å². The molecule has 20 heavy (non-hydrogen) atoms. The number of nitrogens with zero attached hydrogens (tertiary/aromatic N) is 1. The molecule has 0 N–H and O–H groups in total. The zero-order valence-corrected chi connectivity index (χ0v) is 12.6. The van der Waals surface area contributed by atoms with Crippen LogP contribution in [0.25, 0.3) is 0 Å². The molecule has 2 unspecified atom stereocenters. The lowest BCUT2D eigenvalue weighted by atomic mass is 9.88. The maximum absolute atomic E-state index is 12.0. The SMILES string of the molecule is CCCCOC(=O)CN1CCCCC1C1CCCC1=O. The third-order valence-corrected chi connectivity index (χ3v) is 4.57. The van der Waals surface area contributed by atoms with Gasteiger partial charge in [0.25, 0.3) is 0 Å². The van der Waals surface area contributed by atoms with E-state index in [0.29, 0.717) is 18.9 Å². The summed E-state index contributed by atoms with van der Waals surface area (Å²) in [5.74, 6) is 0.441. The van der Waals surface area contributed by atoms with Gasteiger partial charge in [-0.25, -0.2) is 0 Å². The Hall–Kier alpha value is -0.900. The van der Waals surface area contributed by atoms with Gasteiger partial charge in [0.05, 0.1) is 13.2 Å². The Balaban J connectivity index is 1.86. The van der Waals surface area contributed by atoms with Crippen LogP contribution in [-0.4, -0.2) is 42.4 Å². The quantitative estimate of drug-likeness (QED) is 0.554. The zero-order chi connectivity index (χ0) is 14.4. The number of likely N-dealkylation sites (tertiary alicyclic amines) is 1. The van der Waals surface area contributed by atoms with Crippen LogP contribution < -0.4 is 0 Å². The minimum absolute atomic E-state index is 0.129. The van der Waals surface area contributed by atoms with E-state index in [1.807, 2.05) is 0 Å². The van der Waals surface area contributed by atoms with Gasteiger partial charge in [-0.2, -0.15) is 0 Å². The minimum atomic E-state index is -0.129. The fraction of sp³-hybridized carbons (Fsp3) is 0.875. The van der Waals surface area contributed by atoms with E-state index in [0.717, 1.165) is 51.5 Å². The predicted molar refractivity (Wildman–Crippen MR) is 77.4 cm³/mol. The van der Waals surface area contributed by atoms with Crippen molar-refractivity contribution in [1.29, 1.82) is 0 Å². The highest BCUT2D eigenvalue weighted by molar-refractivity contribution is 5.83. The molecule has 0 amide bonds. The number of unbranched alkanes of at least 4 members (excludes halogenated alkanes) is 1.